The van der Waals surface area contributed by atoms with Crippen molar-refractivity contribution >= 4 is 11.6 Å². The monoisotopic (exact) mass is 442 g/mol. The van der Waals surface area contributed by atoms with Crippen LogP contribution in [0.15, 0.2) is 94.8 Å². The Balaban J connectivity index is 1.62. The van der Waals surface area contributed by atoms with E-state index in [0.29, 0.717) is 22.7 Å². The smallest absolute Gasteiger partial charge is 0.280 e. The molecule has 0 unspecified atom stereocenters. The van der Waals surface area contributed by atoms with Gasteiger partial charge in [-0.3, -0.25) is 14.7 Å². The summed E-state index contributed by atoms with van der Waals surface area (Å²) in [5.41, 5.74) is 5.76. The molecule has 166 valence electrons. The first-order valence-electron chi connectivity index (χ1n) is 10.5. The highest BCUT2D eigenvalue weighted by Gasteiger charge is 2.23. The minimum absolute atomic E-state index is 0.307. The number of carbonyl (C=O) groups excluding carboxylic acids is 1. The number of halogens is 1. The Labute approximate surface area is 190 Å². The van der Waals surface area contributed by atoms with Crippen LogP contribution >= 0.6 is 0 Å². The van der Waals surface area contributed by atoms with E-state index in [1.165, 1.54) is 28.9 Å². The second-order valence-corrected chi connectivity index (χ2v) is 7.66. The van der Waals surface area contributed by atoms with Crippen LogP contribution in [0.4, 0.5) is 4.39 Å². The number of amides is 1. The van der Waals surface area contributed by atoms with Gasteiger partial charge >= 0.3 is 0 Å². The Kier molecular flexibility index (Phi) is 6.31. The van der Waals surface area contributed by atoms with Gasteiger partial charge in [-0.2, -0.15) is 5.10 Å². The van der Waals surface area contributed by atoms with Gasteiger partial charge in [0, 0.05) is 5.69 Å². The average Bonchev–Trinajstić information content (AvgIpc) is 3.13. The number of aromatic nitrogens is 2. The van der Waals surface area contributed by atoms with Crippen LogP contribution in [-0.4, -0.2) is 21.4 Å². The molecule has 1 heterocycles. The molecule has 1 aromatic heterocycles. The maximum Gasteiger partial charge on any atom is 0.280 e. The summed E-state index contributed by atoms with van der Waals surface area (Å²) < 4.78 is 14.6. The Morgan fingerprint density at radius 1 is 0.939 bits per heavy atom. The van der Waals surface area contributed by atoms with E-state index in [1.807, 2.05) is 60.7 Å². The Bertz CT molecular complexity index is 1300. The van der Waals surface area contributed by atoms with Gasteiger partial charge < -0.3 is 0 Å². The minimum Gasteiger partial charge on any atom is -0.295 e. The molecule has 7 heteroatoms. The van der Waals surface area contributed by atoms with Gasteiger partial charge in [0.25, 0.3) is 11.5 Å². The highest BCUT2D eigenvalue weighted by Crippen LogP contribution is 2.24. The molecule has 0 aliphatic rings. The number of aryl methyl sites for hydroxylation is 1. The fourth-order valence-electron chi connectivity index (χ4n) is 3.79. The largest absolute Gasteiger partial charge is 0.295 e. The highest BCUT2D eigenvalue weighted by molar-refractivity contribution is 6.00. The van der Waals surface area contributed by atoms with Crippen molar-refractivity contribution in [3.8, 4) is 5.69 Å². The van der Waals surface area contributed by atoms with E-state index < -0.39 is 5.92 Å². The second-order valence-electron chi connectivity index (χ2n) is 7.66. The van der Waals surface area contributed by atoms with E-state index >= 15 is 0 Å². The standard InChI is InChI=1S/C26H23FN4O2/c1-17(23-18(2)30-31(26(23)33)22-15-13-21(27)14-16-22)28-29-25(32)24(19-9-5-3-6-10-19)20-11-7-4-8-12-20/h3-16,24,30H,1-2H3,(H,29,32)/b28-17+. The molecule has 33 heavy (non-hydrogen) atoms. The van der Waals surface area contributed by atoms with E-state index in [9.17, 15) is 14.0 Å². The second kappa shape index (κ2) is 9.48. The lowest BCUT2D eigenvalue weighted by molar-refractivity contribution is -0.121. The van der Waals surface area contributed by atoms with Crippen molar-refractivity contribution in [2.24, 2.45) is 5.10 Å². The zero-order valence-electron chi connectivity index (χ0n) is 18.2. The van der Waals surface area contributed by atoms with Gasteiger partial charge in [0.1, 0.15) is 5.82 Å². The van der Waals surface area contributed by atoms with E-state index in [4.69, 9.17) is 0 Å². The first-order valence-corrected chi connectivity index (χ1v) is 10.5. The van der Waals surface area contributed by atoms with Crippen molar-refractivity contribution < 1.29 is 9.18 Å². The number of carbonyl (C=O) groups is 1. The molecule has 0 fully saturated rings. The molecule has 0 spiro atoms. The first-order chi connectivity index (χ1) is 16.0. The van der Waals surface area contributed by atoms with Gasteiger partial charge in [-0.1, -0.05) is 60.7 Å². The van der Waals surface area contributed by atoms with Crippen LogP contribution in [0, 0.1) is 12.7 Å². The van der Waals surface area contributed by atoms with E-state index in [1.54, 1.807) is 13.8 Å². The summed E-state index contributed by atoms with van der Waals surface area (Å²) in [6.07, 6.45) is 0. The maximum absolute atomic E-state index is 13.2. The van der Waals surface area contributed by atoms with Gasteiger partial charge in [0.2, 0.25) is 0 Å². The summed E-state index contributed by atoms with van der Waals surface area (Å²) in [6.45, 7) is 3.40. The Hall–Kier alpha value is -4.26. The summed E-state index contributed by atoms with van der Waals surface area (Å²) >= 11 is 0. The van der Waals surface area contributed by atoms with Gasteiger partial charge in [-0.25, -0.2) is 14.5 Å². The lowest BCUT2D eigenvalue weighted by atomic mass is 9.91. The lowest BCUT2D eigenvalue weighted by Crippen LogP contribution is -2.28. The van der Waals surface area contributed by atoms with Crippen LogP contribution in [-0.2, 0) is 4.79 Å². The molecule has 0 saturated carbocycles. The number of aromatic amines is 1. The van der Waals surface area contributed by atoms with Gasteiger partial charge in [0.05, 0.1) is 22.9 Å². The third-order valence-corrected chi connectivity index (χ3v) is 5.38. The molecule has 0 atom stereocenters. The van der Waals surface area contributed by atoms with Crippen molar-refractivity contribution in [2.75, 3.05) is 0 Å². The number of rotatable bonds is 6. The Morgan fingerprint density at radius 3 is 2.03 bits per heavy atom. The van der Waals surface area contributed by atoms with Gasteiger partial charge in [-0.15, -0.1) is 0 Å². The molecule has 4 aromatic rings. The summed E-state index contributed by atoms with van der Waals surface area (Å²) in [4.78, 5) is 26.1. The predicted molar refractivity (Wildman–Crippen MR) is 126 cm³/mol. The van der Waals surface area contributed by atoms with E-state index in [0.717, 1.165) is 11.1 Å². The van der Waals surface area contributed by atoms with Crippen LogP contribution in [0.3, 0.4) is 0 Å². The molecule has 0 aliphatic heterocycles. The maximum atomic E-state index is 13.2. The zero-order chi connectivity index (χ0) is 23.4. The van der Waals surface area contributed by atoms with Crippen LogP contribution in [0.2, 0.25) is 0 Å². The summed E-state index contributed by atoms with van der Waals surface area (Å²) in [6, 6.07) is 24.5. The number of benzene rings is 3. The van der Waals surface area contributed by atoms with Crippen LogP contribution in [0.25, 0.3) is 5.69 Å². The molecule has 0 aliphatic carbocycles. The van der Waals surface area contributed by atoms with Crippen LogP contribution in [0.5, 0.6) is 0 Å². The minimum atomic E-state index is -0.549. The fraction of sp³-hybridized carbons (Fsp3) is 0.115. The van der Waals surface area contributed by atoms with Gasteiger partial charge in [0.15, 0.2) is 0 Å². The first kappa shape index (κ1) is 22.0. The number of hydrazone groups is 1. The van der Waals surface area contributed by atoms with Crippen LogP contribution < -0.4 is 11.0 Å². The number of hydrogen-bond donors (Lipinski definition) is 2. The quantitative estimate of drug-likeness (QED) is 0.345. The topological polar surface area (TPSA) is 79.2 Å². The molecular weight excluding hydrogens is 419 g/mol. The van der Waals surface area contributed by atoms with Crippen LogP contribution in [0.1, 0.15) is 35.2 Å². The third-order valence-electron chi connectivity index (χ3n) is 5.38. The van der Waals surface area contributed by atoms with E-state index in [-0.39, 0.29) is 17.3 Å². The van der Waals surface area contributed by atoms with Gasteiger partial charge in [-0.05, 0) is 49.2 Å². The average molecular weight is 442 g/mol. The highest BCUT2D eigenvalue weighted by atomic mass is 19.1. The summed E-state index contributed by atoms with van der Waals surface area (Å²) in [7, 11) is 0. The molecule has 2 N–H and O–H groups in total. The zero-order valence-corrected chi connectivity index (χ0v) is 18.2. The normalized spacial score (nSPS) is 11.6. The third kappa shape index (κ3) is 4.67. The lowest BCUT2D eigenvalue weighted by Gasteiger charge is -2.16. The molecule has 0 radical (unpaired) electrons. The van der Waals surface area contributed by atoms with Crippen molar-refractivity contribution in [1.82, 2.24) is 15.2 Å². The van der Waals surface area contributed by atoms with E-state index in [2.05, 4.69) is 15.6 Å². The summed E-state index contributed by atoms with van der Waals surface area (Å²) in [5, 5.41) is 7.21. The number of hydrogen-bond acceptors (Lipinski definition) is 3. The van der Waals surface area contributed by atoms with Crippen molar-refractivity contribution in [1.29, 1.82) is 0 Å². The SMILES string of the molecule is C/C(=N\NC(=O)C(c1ccccc1)c1ccccc1)c1c(C)[nH]n(-c2ccc(F)cc2)c1=O. The van der Waals surface area contributed by atoms with Crippen molar-refractivity contribution in [3.05, 3.63) is 123 Å². The number of H-pyrrole nitrogens is 1. The number of nitrogens with zero attached hydrogens (tertiary/aromatic N) is 2. The Morgan fingerprint density at radius 2 is 1.48 bits per heavy atom. The fourth-order valence-corrected chi connectivity index (χ4v) is 3.79. The molecular formula is C26H23FN4O2. The molecule has 6 nitrogen and oxygen atoms in total. The molecule has 1 amide bonds. The van der Waals surface area contributed by atoms with Crippen molar-refractivity contribution in [2.45, 2.75) is 19.8 Å². The number of nitrogens with one attached hydrogen (secondary N) is 2. The summed E-state index contributed by atoms with van der Waals surface area (Å²) in [5.74, 6) is -1.24. The molecule has 4 rings (SSSR count). The molecule has 0 saturated heterocycles. The molecule has 3 aromatic carbocycles. The van der Waals surface area contributed by atoms with Crippen molar-refractivity contribution in [3.63, 3.8) is 0 Å². The molecule has 0 bridgehead atoms. The predicted octanol–water partition coefficient (Wildman–Crippen LogP) is 4.29.